The first-order valence-electron chi connectivity index (χ1n) is 4.67. The summed E-state index contributed by atoms with van der Waals surface area (Å²) in [6.07, 6.45) is 6.15. The van der Waals surface area contributed by atoms with Gasteiger partial charge in [-0.25, -0.2) is 9.97 Å². The van der Waals surface area contributed by atoms with Crippen molar-refractivity contribution in [2.75, 3.05) is 0 Å². The standard InChI is InChI=1S/C10H12N4S/c1-7-3-13-10(14-4-7)9(11)2-8-5-12-6-15-8/h3-6,9H,2,11H2,1H3. The number of thiazole rings is 1. The quantitative estimate of drug-likeness (QED) is 0.851. The summed E-state index contributed by atoms with van der Waals surface area (Å²) in [4.78, 5) is 13.6. The molecule has 2 heterocycles. The molecule has 0 spiro atoms. The highest BCUT2D eigenvalue weighted by Crippen LogP contribution is 2.15. The smallest absolute Gasteiger partial charge is 0.145 e. The summed E-state index contributed by atoms with van der Waals surface area (Å²) in [6.45, 7) is 1.96. The van der Waals surface area contributed by atoms with Crippen LogP contribution in [0.4, 0.5) is 0 Å². The molecular formula is C10H12N4S. The molecule has 0 aliphatic carbocycles. The largest absolute Gasteiger partial charge is 0.321 e. The van der Waals surface area contributed by atoms with Gasteiger partial charge in [-0.15, -0.1) is 11.3 Å². The van der Waals surface area contributed by atoms with Gasteiger partial charge in [0.25, 0.3) is 0 Å². The minimum atomic E-state index is -0.147. The minimum Gasteiger partial charge on any atom is -0.321 e. The van der Waals surface area contributed by atoms with Crippen molar-refractivity contribution >= 4 is 11.3 Å². The van der Waals surface area contributed by atoms with Crippen LogP contribution < -0.4 is 5.73 Å². The monoisotopic (exact) mass is 220 g/mol. The van der Waals surface area contributed by atoms with E-state index in [4.69, 9.17) is 5.73 Å². The Kier molecular flexibility index (Phi) is 3.03. The molecule has 5 heteroatoms. The maximum atomic E-state index is 5.99. The molecule has 0 saturated carbocycles. The van der Waals surface area contributed by atoms with E-state index in [2.05, 4.69) is 15.0 Å². The topological polar surface area (TPSA) is 64.7 Å². The Morgan fingerprint density at radius 3 is 2.67 bits per heavy atom. The number of nitrogens with two attached hydrogens (primary N) is 1. The van der Waals surface area contributed by atoms with E-state index >= 15 is 0 Å². The summed E-state index contributed by atoms with van der Waals surface area (Å²) in [5.74, 6) is 0.689. The maximum Gasteiger partial charge on any atom is 0.145 e. The first kappa shape index (κ1) is 10.2. The van der Waals surface area contributed by atoms with E-state index < -0.39 is 0 Å². The highest BCUT2D eigenvalue weighted by Gasteiger charge is 2.10. The first-order valence-corrected chi connectivity index (χ1v) is 5.55. The minimum absolute atomic E-state index is 0.147. The fraction of sp³-hybridized carbons (Fsp3) is 0.300. The van der Waals surface area contributed by atoms with E-state index in [-0.39, 0.29) is 6.04 Å². The molecule has 0 saturated heterocycles. The van der Waals surface area contributed by atoms with Crippen molar-refractivity contribution in [2.24, 2.45) is 5.73 Å². The molecule has 0 amide bonds. The van der Waals surface area contributed by atoms with Crippen LogP contribution in [0.15, 0.2) is 24.1 Å². The number of aromatic nitrogens is 3. The Balaban J connectivity index is 2.08. The van der Waals surface area contributed by atoms with Crippen LogP contribution in [0.5, 0.6) is 0 Å². The lowest BCUT2D eigenvalue weighted by atomic mass is 10.2. The molecule has 0 radical (unpaired) electrons. The van der Waals surface area contributed by atoms with Crippen molar-refractivity contribution in [2.45, 2.75) is 19.4 Å². The zero-order chi connectivity index (χ0) is 10.7. The second-order valence-electron chi connectivity index (χ2n) is 3.40. The molecule has 2 aromatic heterocycles. The maximum absolute atomic E-state index is 5.99. The van der Waals surface area contributed by atoms with E-state index in [0.29, 0.717) is 5.82 Å². The lowest BCUT2D eigenvalue weighted by Crippen LogP contribution is -2.16. The molecule has 0 fully saturated rings. The average molecular weight is 220 g/mol. The van der Waals surface area contributed by atoms with Gasteiger partial charge >= 0.3 is 0 Å². The van der Waals surface area contributed by atoms with E-state index in [1.54, 1.807) is 29.2 Å². The molecule has 2 aromatic rings. The molecular weight excluding hydrogens is 208 g/mol. The fourth-order valence-corrected chi connectivity index (χ4v) is 1.90. The van der Waals surface area contributed by atoms with Crippen molar-refractivity contribution in [3.63, 3.8) is 0 Å². The third kappa shape index (κ3) is 2.57. The van der Waals surface area contributed by atoms with E-state index in [9.17, 15) is 0 Å². The predicted octanol–water partition coefficient (Wildman–Crippen LogP) is 1.48. The Hall–Kier alpha value is -1.33. The summed E-state index contributed by atoms with van der Waals surface area (Å²) < 4.78 is 0. The zero-order valence-electron chi connectivity index (χ0n) is 8.42. The number of rotatable bonds is 3. The van der Waals surface area contributed by atoms with Crippen LogP contribution >= 0.6 is 11.3 Å². The van der Waals surface area contributed by atoms with Gasteiger partial charge in [-0.1, -0.05) is 0 Å². The average Bonchev–Trinajstić information content (AvgIpc) is 2.71. The van der Waals surface area contributed by atoms with Crippen LogP contribution in [0.2, 0.25) is 0 Å². The van der Waals surface area contributed by atoms with Gasteiger partial charge in [-0.3, -0.25) is 4.98 Å². The third-order valence-corrected chi connectivity index (χ3v) is 2.84. The molecule has 1 atom stereocenters. The molecule has 0 bridgehead atoms. The number of nitrogens with zero attached hydrogens (tertiary/aromatic N) is 3. The third-order valence-electron chi connectivity index (χ3n) is 2.04. The van der Waals surface area contributed by atoms with Crippen molar-refractivity contribution in [3.05, 3.63) is 40.4 Å². The molecule has 0 aliphatic rings. The Labute approximate surface area is 92.2 Å². The lowest BCUT2D eigenvalue weighted by molar-refractivity contribution is 0.670. The summed E-state index contributed by atoms with van der Waals surface area (Å²) in [7, 11) is 0. The predicted molar refractivity (Wildman–Crippen MR) is 59.5 cm³/mol. The Morgan fingerprint density at radius 1 is 1.33 bits per heavy atom. The molecule has 0 aliphatic heterocycles. The van der Waals surface area contributed by atoms with Gasteiger partial charge in [0.1, 0.15) is 5.82 Å². The van der Waals surface area contributed by atoms with Gasteiger partial charge in [0, 0.05) is 29.9 Å². The highest BCUT2D eigenvalue weighted by atomic mass is 32.1. The van der Waals surface area contributed by atoms with Crippen molar-refractivity contribution < 1.29 is 0 Å². The van der Waals surface area contributed by atoms with Gasteiger partial charge < -0.3 is 5.73 Å². The van der Waals surface area contributed by atoms with Gasteiger partial charge in [0.05, 0.1) is 11.6 Å². The molecule has 78 valence electrons. The van der Waals surface area contributed by atoms with Crippen LogP contribution in [0, 0.1) is 6.92 Å². The lowest BCUT2D eigenvalue weighted by Gasteiger charge is -2.07. The summed E-state index contributed by atoms with van der Waals surface area (Å²) in [5, 5.41) is 0. The van der Waals surface area contributed by atoms with Gasteiger partial charge in [0.15, 0.2) is 0 Å². The van der Waals surface area contributed by atoms with Gasteiger partial charge in [-0.2, -0.15) is 0 Å². The second-order valence-corrected chi connectivity index (χ2v) is 4.37. The van der Waals surface area contributed by atoms with Crippen molar-refractivity contribution in [1.82, 2.24) is 15.0 Å². The van der Waals surface area contributed by atoms with Gasteiger partial charge in [0.2, 0.25) is 0 Å². The Bertz CT molecular complexity index is 409. The van der Waals surface area contributed by atoms with Crippen LogP contribution in [0.1, 0.15) is 22.3 Å². The normalized spacial score (nSPS) is 12.7. The fourth-order valence-electron chi connectivity index (χ4n) is 1.25. The summed E-state index contributed by atoms with van der Waals surface area (Å²) >= 11 is 1.60. The van der Waals surface area contributed by atoms with Crippen molar-refractivity contribution in [3.8, 4) is 0 Å². The second kappa shape index (κ2) is 4.46. The summed E-state index contributed by atoms with van der Waals surface area (Å²) in [5.41, 5.74) is 8.84. The van der Waals surface area contributed by atoms with Crippen LogP contribution in [-0.4, -0.2) is 15.0 Å². The molecule has 2 N–H and O–H groups in total. The molecule has 2 rings (SSSR count). The van der Waals surface area contributed by atoms with Gasteiger partial charge in [-0.05, 0) is 12.5 Å². The van der Waals surface area contributed by atoms with E-state index in [1.165, 1.54) is 0 Å². The SMILES string of the molecule is Cc1cnc(C(N)Cc2cncs2)nc1. The van der Waals surface area contributed by atoms with E-state index in [0.717, 1.165) is 16.9 Å². The first-order chi connectivity index (χ1) is 7.25. The van der Waals surface area contributed by atoms with Crippen LogP contribution in [0.3, 0.4) is 0 Å². The zero-order valence-corrected chi connectivity index (χ0v) is 9.24. The number of aryl methyl sites for hydroxylation is 1. The molecule has 0 aromatic carbocycles. The van der Waals surface area contributed by atoms with E-state index in [1.807, 2.05) is 13.1 Å². The molecule has 15 heavy (non-hydrogen) atoms. The summed E-state index contributed by atoms with van der Waals surface area (Å²) in [6, 6.07) is -0.147. The van der Waals surface area contributed by atoms with Crippen LogP contribution in [-0.2, 0) is 6.42 Å². The highest BCUT2D eigenvalue weighted by molar-refractivity contribution is 7.09. The van der Waals surface area contributed by atoms with Crippen LogP contribution in [0.25, 0.3) is 0 Å². The Morgan fingerprint density at radius 2 is 2.07 bits per heavy atom. The number of hydrogen-bond donors (Lipinski definition) is 1. The number of hydrogen-bond acceptors (Lipinski definition) is 5. The molecule has 1 unspecified atom stereocenters. The molecule has 4 nitrogen and oxygen atoms in total. The van der Waals surface area contributed by atoms with Crippen molar-refractivity contribution in [1.29, 1.82) is 0 Å².